The topological polar surface area (TPSA) is 87.7 Å². The third-order valence-electron chi connectivity index (χ3n) is 6.85. The normalized spacial score (nSPS) is 15.4. The fourth-order valence-electron chi connectivity index (χ4n) is 4.71. The molecule has 0 aliphatic carbocycles. The van der Waals surface area contributed by atoms with Crippen molar-refractivity contribution in [2.75, 3.05) is 20.2 Å². The van der Waals surface area contributed by atoms with Crippen LogP contribution in [0.5, 0.6) is 5.75 Å². The first-order valence-electron chi connectivity index (χ1n) is 12.9. The highest BCUT2D eigenvalue weighted by Crippen LogP contribution is 2.28. The number of amides is 1. The molecule has 9 heteroatoms. The van der Waals surface area contributed by atoms with Crippen LogP contribution in [0.25, 0.3) is 0 Å². The SMILES string of the molecule is COc1cccc(C(=O)NCc2ccc(S(=O)(=O)N3CCC(NCc4ccccc4C(C)(C)C)CC3)s2)c1. The zero-order chi connectivity index (χ0) is 27.3. The van der Waals surface area contributed by atoms with Crippen LogP contribution in [0.15, 0.2) is 64.9 Å². The van der Waals surface area contributed by atoms with Gasteiger partial charge in [0.1, 0.15) is 9.96 Å². The number of hydrogen-bond acceptors (Lipinski definition) is 6. The largest absolute Gasteiger partial charge is 0.497 e. The van der Waals surface area contributed by atoms with Gasteiger partial charge in [-0.3, -0.25) is 4.79 Å². The van der Waals surface area contributed by atoms with E-state index in [1.807, 2.05) is 0 Å². The molecule has 2 heterocycles. The molecule has 0 saturated carbocycles. The van der Waals surface area contributed by atoms with Crippen molar-refractivity contribution in [2.24, 2.45) is 0 Å². The number of carbonyl (C=O) groups is 1. The number of piperidine rings is 1. The minimum Gasteiger partial charge on any atom is -0.497 e. The third kappa shape index (κ3) is 6.83. The molecule has 2 aromatic carbocycles. The number of nitrogens with one attached hydrogen (secondary N) is 2. The van der Waals surface area contributed by atoms with Gasteiger partial charge in [-0.2, -0.15) is 4.31 Å². The van der Waals surface area contributed by atoms with Crippen molar-refractivity contribution in [3.63, 3.8) is 0 Å². The fraction of sp³-hybridized carbons (Fsp3) is 0.414. The lowest BCUT2D eigenvalue weighted by Gasteiger charge is -2.32. The second-order valence-corrected chi connectivity index (χ2v) is 13.9. The van der Waals surface area contributed by atoms with Crippen LogP contribution >= 0.6 is 11.3 Å². The van der Waals surface area contributed by atoms with E-state index in [4.69, 9.17) is 4.74 Å². The Bertz CT molecular complexity index is 1350. The number of sulfonamides is 1. The van der Waals surface area contributed by atoms with Crippen LogP contribution in [0.4, 0.5) is 0 Å². The summed E-state index contributed by atoms with van der Waals surface area (Å²) in [6.07, 6.45) is 1.54. The second kappa shape index (κ2) is 12.0. The molecule has 1 aromatic heterocycles. The van der Waals surface area contributed by atoms with Crippen LogP contribution in [0, 0.1) is 0 Å². The molecule has 204 valence electrons. The average Bonchev–Trinajstić information content (AvgIpc) is 3.40. The Morgan fingerprint density at radius 3 is 2.47 bits per heavy atom. The predicted octanol–water partition coefficient (Wildman–Crippen LogP) is 4.93. The lowest BCUT2D eigenvalue weighted by molar-refractivity contribution is 0.0951. The van der Waals surface area contributed by atoms with Gasteiger partial charge in [0.05, 0.1) is 13.7 Å². The monoisotopic (exact) mass is 555 g/mol. The van der Waals surface area contributed by atoms with Crippen LogP contribution in [0.2, 0.25) is 0 Å². The highest BCUT2D eigenvalue weighted by Gasteiger charge is 2.30. The number of ether oxygens (including phenoxy) is 1. The molecule has 0 radical (unpaired) electrons. The molecule has 0 spiro atoms. The van der Waals surface area contributed by atoms with E-state index in [2.05, 4.69) is 55.7 Å². The van der Waals surface area contributed by atoms with Gasteiger partial charge in [-0.25, -0.2) is 8.42 Å². The van der Waals surface area contributed by atoms with E-state index < -0.39 is 10.0 Å². The van der Waals surface area contributed by atoms with Gasteiger partial charge >= 0.3 is 0 Å². The Morgan fingerprint density at radius 1 is 1.03 bits per heavy atom. The standard InChI is InChI=1S/C29H37N3O4S2/c1-29(2,3)26-11-6-5-8-22(26)19-30-23-14-16-32(17-15-23)38(34,35)27-13-12-25(37-27)20-31-28(33)21-9-7-10-24(18-21)36-4/h5-13,18,23,30H,14-17,19-20H2,1-4H3,(H,31,33). The Hall–Kier alpha value is -2.72. The number of carbonyl (C=O) groups excluding carboxylic acids is 1. The number of thiophene rings is 1. The number of hydrogen-bond donors (Lipinski definition) is 2. The summed E-state index contributed by atoms with van der Waals surface area (Å²) >= 11 is 1.21. The highest BCUT2D eigenvalue weighted by atomic mass is 32.2. The molecule has 0 bridgehead atoms. The smallest absolute Gasteiger partial charge is 0.252 e. The summed E-state index contributed by atoms with van der Waals surface area (Å²) < 4.78 is 33.6. The summed E-state index contributed by atoms with van der Waals surface area (Å²) in [7, 11) is -2.01. The maximum absolute atomic E-state index is 13.3. The number of methoxy groups -OCH3 is 1. The molecule has 1 aliphatic heterocycles. The molecule has 0 unspecified atom stereocenters. The van der Waals surface area contributed by atoms with Crippen molar-refractivity contribution in [3.05, 3.63) is 82.2 Å². The number of rotatable bonds is 9. The van der Waals surface area contributed by atoms with E-state index in [9.17, 15) is 13.2 Å². The van der Waals surface area contributed by atoms with Crippen molar-refractivity contribution < 1.29 is 17.9 Å². The van der Waals surface area contributed by atoms with E-state index in [1.165, 1.54) is 22.5 Å². The first kappa shape index (κ1) is 28.3. The number of benzene rings is 2. The molecule has 3 aromatic rings. The lowest BCUT2D eigenvalue weighted by Crippen LogP contribution is -2.44. The van der Waals surface area contributed by atoms with Crippen LogP contribution in [-0.4, -0.2) is 44.9 Å². The van der Waals surface area contributed by atoms with Crippen molar-refractivity contribution in [1.82, 2.24) is 14.9 Å². The quantitative estimate of drug-likeness (QED) is 0.391. The molecular weight excluding hydrogens is 518 g/mol. The van der Waals surface area contributed by atoms with Gasteiger partial charge in [0.2, 0.25) is 0 Å². The van der Waals surface area contributed by atoms with Crippen molar-refractivity contribution in [1.29, 1.82) is 0 Å². The van der Waals surface area contributed by atoms with E-state index >= 15 is 0 Å². The summed E-state index contributed by atoms with van der Waals surface area (Å²) in [5, 5.41) is 6.50. The van der Waals surface area contributed by atoms with Crippen molar-refractivity contribution >= 4 is 27.3 Å². The van der Waals surface area contributed by atoms with Gasteiger partial charge in [0.15, 0.2) is 0 Å². The first-order chi connectivity index (χ1) is 18.1. The van der Waals surface area contributed by atoms with Gasteiger partial charge in [-0.05, 0) is 59.7 Å². The maximum atomic E-state index is 13.3. The minimum atomic E-state index is -3.56. The van der Waals surface area contributed by atoms with Gasteiger partial charge in [0, 0.05) is 36.1 Å². The molecule has 7 nitrogen and oxygen atoms in total. The molecule has 2 N–H and O–H groups in total. The Balaban J connectivity index is 1.29. The molecule has 4 rings (SSSR count). The molecule has 1 amide bonds. The average molecular weight is 556 g/mol. The van der Waals surface area contributed by atoms with Crippen LogP contribution < -0.4 is 15.4 Å². The van der Waals surface area contributed by atoms with Crippen molar-refractivity contribution in [3.8, 4) is 5.75 Å². The zero-order valence-corrected chi connectivity index (χ0v) is 24.1. The van der Waals surface area contributed by atoms with Crippen molar-refractivity contribution in [2.45, 2.75) is 62.4 Å². The molecule has 1 fully saturated rings. The Labute approximate surface area is 230 Å². The van der Waals surface area contributed by atoms with Gasteiger partial charge in [0.25, 0.3) is 15.9 Å². The second-order valence-electron chi connectivity index (χ2n) is 10.6. The minimum absolute atomic E-state index is 0.0766. The molecule has 38 heavy (non-hydrogen) atoms. The number of nitrogens with zero attached hydrogens (tertiary/aromatic N) is 1. The Morgan fingerprint density at radius 2 is 1.76 bits per heavy atom. The lowest BCUT2D eigenvalue weighted by atomic mass is 9.83. The van der Waals surface area contributed by atoms with E-state index in [-0.39, 0.29) is 23.9 Å². The molecular formula is C29H37N3O4S2. The molecule has 0 atom stereocenters. The molecule has 1 aliphatic rings. The summed E-state index contributed by atoms with van der Waals surface area (Å²) in [5.41, 5.74) is 3.19. The predicted molar refractivity (Wildman–Crippen MR) is 152 cm³/mol. The first-order valence-corrected chi connectivity index (χ1v) is 15.2. The summed E-state index contributed by atoms with van der Waals surface area (Å²) in [4.78, 5) is 13.3. The summed E-state index contributed by atoms with van der Waals surface area (Å²) in [6.45, 7) is 8.68. The molecule has 1 saturated heterocycles. The van der Waals surface area contributed by atoms with Crippen LogP contribution in [-0.2, 0) is 28.5 Å². The van der Waals surface area contributed by atoms with Gasteiger partial charge < -0.3 is 15.4 Å². The summed E-state index contributed by atoms with van der Waals surface area (Å²) in [6, 6.07) is 19.1. The fourth-order valence-corrected chi connectivity index (χ4v) is 7.63. The zero-order valence-electron chi connectivity index (χ0n) is 22.5. The van der Waals surface area contributed by atoms with Gasteiger partial charge in [-0.1, -0.05) is 51.1 Å². The van der Waals surface area contributed by atoms with Crippen LogP contribution in [0.3, 0.4) is 0 Å². The maximum Gasteiger partial charge on any atom is 0.252 e. The Kier molecular flexibility index (Phi) is 8.92. The highest BCUT2D eigenvalue weighted by molar-refractivity contribution is 7.91. The van der Waals surface area contributed by atoms with E-state index in [0.29, 0.717) is 28.6 Å². The van der Waals surface area contributed by atoms with E-state index in [0.717, 1.165) is 24.3 Å². The van der Waals surface area contributed by atoms with E-state index in [1.54, 1.807) is 47.8 Å². The van der Waals surface area contributed by atoms with Gasteiger partial charge in [-0.15, -0.1) is 11.3 Å². The third-order valence-corrected chi connectivity index (χ3v) is 10.3. The summed E-state index contributed by atoms with van der Waals surface area (Å²) in [5.74, 6) is 0.372. The van der Waals surface area contributed by atoms with Crippen LogP contribution in [0.1, 0.15) is 60.0 Å².